The lowest BCUT2D eigenvalue weighted by molar-refractivity contribution is -0.118. The number of fused-ring (bicyclic) bond motifs is 1. The van der Waals surface area contributed by atoms with Gasteiger partial charge in [0, 0.05) is 11.7 Å². The molecule has 1 saturated heterocycles. The van der Waals surface area contributed by atoms with Gasteiger partial charge in [0.05, 0.1) is 6.04 Å². The molecule has 0 aliphatic carbocycles. The molecule has 1 fully saturated rings. The normalized spacial score (nSPS) is 22.6. The van der Waals surface area contributed by atoms with E-state index < -0.39 is 0 Å². The Morgan fingerprint density at radius 2 is 1.95 bits per heavy atom. The first-order chi connectivity index (χ1) is 9.72. The van der Waals surface area contributed by atoms with Crippen molar-refractivity contribution in [2.24, 2.45) is 0 Å². The number of hydrogen-bond acceptors (Lipinski definition) is 2. The number of amides is 1. The van der Waals surface area contributed by atoms with Crippen LogP contribution in [0.3, 0.4) is 0 Å². The average molecular weight is 268 g/mol. The van der Waals surface area contributed by atoms with E-state index in [0.29, 0.717) is 6.04 Å². The number of benzene rings is 2. The molecule has 0 spiro atoms. The SMILES string of the molecule is CC1CCCC(C(=O)Nc2ccc3ccccc3c2)N1. The Kier molecular flexibility index (Phi) is 3.70. The first kappa shape index (κ1) is 13.1. The van der Waals surface area contributed by atoms with Crippen molar-refractivity contribution < 1.29 is 4.79 Å². The van der Waals surface area contributed by atoms with Crippen LogP contribution in [0.1, 0.15) is 26.2 Å². The summed E-state index contributed by atoms with van der Waals surface area (Å²) in [7, 11) is 0. The van der Waals surface area contributed by atoms with Gasteiger partial charge in [0.25, 0.3) is 0 Å². The highest BCUT2D eigenvalue weighted by molar-refractivity contribution is 5.97. The minimum absolute atomic E-state index is 0.0646. The van der Waals surface area contributed by atoms with Gasteiger partial charge in [0.15, 0.2) is 0 Å². The smallest absolute Gasteiger partial charge is 0.241 e. The summed E-state index contributed by atoms with van der Waals surface area (Å²) in [5.74, 6) is 0.0758. The molecule has 2 unspecified atom stereocenters. The predicted molar refractivity (Wildman–Crippen MR) is 82.8 cm³/mol. The molecular weight excluding hydrogens is 248 g/mol. The van der Waals surface area contributed by atoms with E-state index in [-0.39, 0.29) is 11.9 Å². The van der Waals surface area contributed by atoms with Crippen molar-refractivity contribution in [3.63, 3.8) is 0 Å². The molecule has 3 rings (SSSR count). The Bertz CT molecular complexity index is 623. The highest BCUT2D eigenvalue weighted by atomic mass is 16.2. The van der Waals surface area contributed by atoms with E-state index in [1.54, 1.807) is 0 Å². The summed E-state index contributed by atoms with van der Waals surface area (Å²) in [6, 6.07) is 14.6. The van der Waals surface area contributed by atoms with Gasteiger partial charge in [-0.1, -0.05) is 30.3 Å². The first-order valence-corrected chi connectivity index (χ1v) is 7.28. The van der Waals surface area contributed by atoms with Crippen molar-refractivity contribution >= 4 is 22.4 Å². The van der Waals surface area contributed by atoms with E-state index in [4.69, 9.17) is 0 Å². The molecule has 20 heavy (non-hydrogen) atoms. The third-order valence-electron chi connectivity index (χ3n) is 3.95. The topological polar surface area (TPSA) is 41.1 Å². The van der Waals surface area contributed by atoms with Crippen molar-refractivity contribution in [2.45, 2.75) is 38.3 Å². The van der Waals surface area contributed by atoms with Crippen LogP contribution in [0.2, 0.25) is 0 Å². The molecule has 2 aromatic rings. The molecule has 1 amide bonds. The molecule has 1 aliphatic heterocycles. The van der Waals surface area contributed by atoms with E-state index in [2.05, 4.69) is 29.7 Å². The Hall–Kier alpha value is -1.87. The minimum atomic E-state index is -0.0646. The van der Waals surface area contributed by atoms with Gasteiger partial charge in [-0.2, -0.15) is 0 Å². The highest BCUT2D eigenvalue weighted by Crippen LogP contribution is 2.20. The zero-order chi connectivity index (χ0) is 13.9. The zero-order valence-corrected chi connectivity index (χ0v) is 11.7. The molecule has 0 aromatic heterocycles. The second kappa shape index (κ2) is 5.63. The van der Waals surface area contributed by atoms with Crippen molar-refractivity contribution in [1.29, 1.82) is 0 Å². The second-order valence-corrected chi connectivity index (χ2v) is 5.60. The molecule has 2 atom stereocenters. The molecule has 104 valence electrons. The summed E-state index contributed by atoms with van der Waals surface area (Å²) >= 11 is 0. The summed E-state index contributed by atoms with van der Waals surface area (Å²) in [5, 5.41) is 8.72. The minimum Gasteiger partial charge on any atom is -0.325 e. The molecule has 0 saturated carbocycles. The predicted octanol–water partition coefficient (Wildman–Crippen LogP) is 3.31. The van der Waals surface area contributed by atoms with Crippen LogP contribution >= 0.6 is 0 Å². The number of carbonyl (C=O) groups excluding carboxylic acids is 1. The van der Waals surface area contributed by atoms with Crippen LogP contribution in [0.4, 0.5) is 5.69 Å². The number of carbonyl (C=O) groups is 1. The van der Waals surface area contributed by atoms with E-state index in [9.17, 15) is 4.79 Å². The Labute approximate surface area is 119 Å². The number of anilines is 1. The summed E-state index contributed by atoms with van der Waals surface area (Å²) in [5.41, 5.74) is 0.869. The summed E-state index contributed by atoms with van der Waals surface area (Å²) in [6.07, 6.45) is 3.19. The van der Waals surface area contributed by atoms with Crippen molar-refractivity contribution in [3.8, 4) is 0 Å². The maximum Gasteiger partial charge on any atom is 0.241 e. The van der Waals surface area contributed by atoms with Crippen molar-refractivity contribution in [3.05, 3.63) is 42.5 Å². The summed E-state index contributed by atoms with van der Waals surface area (Å²) < 4.78 is 0. The summed E-state index contributed by atoms with van der Waals surface area (Å²) in [4.78, 5) is 12.3. The van der Waals surface area contributed by atoms with Crippen LogP contribution in [-0.4, -0.2) is 18.0 Å². The fourth-order valence-corrected chi connectivity index (χ4v) is 2.84. The van der Waals surface area contributed by atoms with Crippen LogP contribution in [-0.2, 0) is 4.79 Å². The lowest BCUT2D eigenvalue weighted by Gasteiger charge is -2.27. The number of piperidine rings is 1. The lowest BCUT2D eigenvalue weighted by atomic mass is 9.99. The Morgan fingerprint density at radius 1 is 1.15 bits per heavy atom. The van der Waals surface area contributed by atoms with Gasteiger partial charge >= 0.3 is 0 Å². The molecule has 2 aromatic carbocycles. The van der Waals surface area contributed by atoms with Gasteiger partial charge in [-0.3, -0.25) is 4.79 Å². The summed E-state index contributed by atoms with van der Waals surface area (Å²) in [6.45, 7) is 2.13. The number of nitrogens with one attached hydrogen (secondary N) is 2. The van der Waals surface area contributed by atoms with Gasteiger partial charge < -0.3 is 10.6 Å². The maximum absolute atomic E-state index is 12.3. The van der Waals surface area contributed by atoms with E-state index >= 15 is 0 Å². The Balaban J connectivity index is 1.73. The molecule has 3 nitrogen and oxygen atoms in total. The average Bonchev–Trinajstić information content (AvgIpc) is 2.47. The van der Waals surface area contributed by atoms with Crippen LogP contribution in [0, 0.1) is 0 Å². The van der Waals surface area contributed by atoms with Gasteiger partial charge in [-0.15, -0.1) is 0 Å². The van der Waals surface area contributed by atoms with Crippen molar-refractivity contribution in [2.75, 3.05) is 5.32 Å². The van der Waals surface area contributed by atoms with Gasteiger partial charge in [-0.25, -0.2) is 0 Å². The molecule has 1 aliphatic rings. The van der Waals surface area contributed by atoms with Crippen LogP contribution in [0.15, 0.2) is 42.5 Å². The van der Waals surface area contributed by atoms with Crippen LogP contribution < -0.4 is 10.6 Å². The van der Waals surface area contributed by atoms with Gasteiger partial charge in [0.2, 0.25) is 5.91 Å². The number of rotatable bonds is 2. The van der Waals surface area contributed by atoms with Gasteiger partial charge in [0.1, 0.15) is 0 Å². The Morgan fingerprint density at radius 3 is 2.75 bits per heavy atom. The molecule has 3 heteroatoms. The molecule has 1 heterocycles. The largest absolute Gasteiger partial charge is 0.325 e. The fourth-order valence-electron chi connectivity index (χ4n) is 2.84. The third-order valence-corrected chi connectivity index (χ3v) is 3.95. The zero-order valence-electron chi connectivity index (χ0n) is 11.7. The quantitative estimate of drug-likeness (QED) is 0.877. The fraction of sp³-hybridized carbons (Fsp3) is 0.353. The second-order valence-electron chi connectivity index (χ2n) is 5.60. The van der Waals surface area contributed by atoms with E-state index in [0.717, 1.165) is 30.3 Å². The maximum atomic E-state index is 12.3. The monoisotopic (exact) mass is 268 g/mol. The number of hydrogen-bond donors (Lipinski definition) is 2. The molecule has 2 N–H and O–H groups in total. The van der Waals surface area contributed by atoms with Gasteiger partial charge in [-0.05, 0) is 49.1 Å². The highest BCUT2D eigenvalue weighted by Gasteiger charge is 2.23. The van der Waals surface area contributed by atoms with Crippen LogP contribution in [0.25, 0.3) is 10.8 Å². The van der Waals surface area contributed by atoms with E-state index in [1.807, 2.05) is 30.3 Å². The van der Waals surface area contributed by atoms with E-state index in [1.165, 1.54) is 5.39 Å². The lowest BCUT2D eigenvalue weighted by Crippen LogP contribution is -2.47. The third kappa shape index (κ3) is 2.83. The van der Waals surface area contributed by atoms with Crippen molar-refractivity contribution in [1.82, 2.24) is 5.32 Å². The first-order valence-electron chi connectivity index (χ1n) is 7.28. The molecule has 0 bridgehead atoms. The molecular formula is C17H20N2O. The standard InChI is InChI=1S/C17H20N2O/c1-12-5-4-8-16(18-12)17(20)19-15-10-9-13-6-2-3-7-14(13)11-15/h2-3,6-7,9-12,16,18H,4-5,8H2,1H3,(H,19,20). The van der Waals surface area contributed by atoms with Crippen LogP contribution in [0.5, 0.6) is 0 Å². The molecule has 0 radical (unpaired) electrons.